The number of hydrogen-bond acceptors (Lipinski definition) is 3. The van der Waals surface area contributed by atoms with Crippen LogP contribution >= 0.6 is 0 Å². The van der Waals surface area contributed by atoms with Crippen molar-refractivity contribution in [3.05, 3.63) is 0 Å². The van der Waals surface area contributed by atoms with Gasteiger partial charge in [-0.2, -0.15) is 0 Å². The molecular formula is C11H22N2O2. The second kappa shape index (κ2) is 6.80. The first-order valence-electron chi connectivity index (χ1n) is 5.83. The Labute approximate surface area is 91.8 Å². The van der Waals surface area contributed by atoms with Gasteiger partial charge in [0.1, 0.15) is 6.61 Å². The fourth-order valence-corrected chi connectivity index (χ4v) is 1.75. The van der Waals surface area contributed by atoms with E-state index in [2.05, 4.69) is 6.92 Å². The first-order valence-corrected chi connectivity index (χ1v) is 5.83. The lowest BCUT2D eigenvalue weighted by atomic mass is 10.1. The van der Waals surface area contributed by atoms with E-state index in [1.54, 1.807) is 0 Å². The van der Waals surface area contributed by atoms with Crippen molar-refractivity contribution in [1.82, 2.24) is 4.90 Å². The summed E-state index contributed by atoms with van der Waals surface area (Å²) in [5.74, 6) is 0.603. The molecule has 1 heterocycles. The molecule has 15 heavy (non-hydrogen) atoms. The molecular weight excluding hydrogens is 192 g/mol. The summed E-state index contributed by atoms with van der Waals surface area (Å²) in [6.45, 7) is 5.37. The van der Waals surface area contributed by atoms with Gasteiger partial charge in [0.05, 0.1) is 0 Å². The van der Waals surface area contributed by atoms with Gasteiger partial charge in [-0.05, 0) is 25.3 Å². The molecule has 4 heteroatoms. The van der Waals surface area contributed by atoms with Crippen LogP contribution in [-0.4, -0.2) is 43.7 Å². The van der Waals surface area contributed by atoms with Gasteiger partial charge in [0.25, 0.3) is 0 Å². The number of rotatable bonds is 6. The fraction of sp³-hybridized carbons (Fsp3) is 0.909. The van der Waals surface area contributed by atoms with Crippen LogP contribution in [0.4, 0.5) is 0 Å². The summed E-state index contributed by atoms with van der Waals surface area (Å²) >= 11 is 0. The maximum Gasteiger partial charge on any atom is 0.248 e. The SMILES string of the molecule is CCCCOCC(=O)N1CCC(CN)C1. The number of unbranched alkanes of at least 4 members (excludes halogenated alkanes) is 1. The highest BCUT2D eigenvalue weighted by Gasteiger charge is 2.24. The standard InChI is InChI=1S/C11H22N2O2/c1-2-3-6-15-9-11(14)13-5-4-10(7-12)8-13/h10H,2-9,12H2,1H3. The zero-order valence-electron chi connectivity index (χ0n) is 9.58. The molecule has 0 radical (unpaired) electrons. The van der Waals surface area contributed by atoms with E-state index < -0.39 is 0 Å². The molecule has 2 N–H and O–H groups in total. The maximum atomic E-state index is 11.6. The maximum absolute atomic E-state index is 11.6. The first kappa shape index (κ1) is 12.5. The number of hydrogen-bond donors (Lipinski definition) is 1. The van der Waals surface area contributed by atoms with Crippen molar-refractivity contribution >= 4 is 5.91 Å². The van der Waals surface area contributed by atoms with E-state index in [1.807, 2.05) is 4.90 Å². The number of likely N-dealkylation sites (tertiary alicyclic amines) is 1. The highest BCUT2D eigenvalue weighted by molar-refractivity contribution is 5.77. The third-order valence-corrected chi connectivity index (χ3v) is 2.84. The Morgan fingerprint density at radius 1 is 1.60 bits per heavy atom. The minimum Gasteiger partial charge on any atom is -0.372 e. The molecule has 0 spiro atoms. The number of nitrogens with two attached hydrogens (primary N) is 1. The number of nitrogens with zero attached hydrogens (tertiary/aromatic N) is 1. The summed E-state index contributed by atoms with van der Waals surface area (Å²) in [4.78, 5) is 13.5. The van der Waals surface area contributed by atoms with E-state index in [1.165, 1.54) is 0 Å². The average Bonchev–Trinajstić information content (AvgIpc) is 2.72. The second-order valence-corrected chi connectivity index (χ2v) is 4.14. The van der Waals surface area contributed by atoms with Crippen LogP contribution in [0.25, 0.3) is 0 Å². The topological polar surface area (TPSA) is 55.6 Å². The van der Waals surface area contributed by atoms with Gasteiger partial charge in [-0.15, -0.1) is 0 Å². The van der Waals surface area contributed by atoms with Crippen molar-refractivity contribution in [3.8, 4) is 0 Å². The third kappa shape index (κ3) is 4.18. The smallest absolute Gasteiger partial charge is 0.248 e. The normalized spacial score (nSPS) is 20.9. The molecule has 1 atom stereocenters. The van der Waals surface area contributed by atoms with Gasteiger partial charge in [-0.25, -0.2) is 0 Å². The predicted molar refractivity (Wildman–Crippen MR) is 59.5 cm³/mol. The van der Waals surface area contributed by atoms with Crippen LogP contribution in [0.1, 0.15) is 26.2 Å². The quantitative estimate of drug-likeness (QED) is 0.659. The van der Waals surface area contributed by atoms with Crippen molar-refractivity contribution in [2.75, 3.05) is 32.8 Å². The largest absolute Gasteiger partial charge is 0.372 e. The summed E-state index contributed by atoms with van der Waals surface area (Å²) in [6, 6.07) is 0. The fourth-order valence-electron chi connectivity index (χ4n) is 1.75. The monoisotopic (exact) mass is 214 g/mol. The minimum absolute atomic E-state index is 0.113. The van der Waals surface area contributed by atoms with Crippen molar-refractivity contribution in [2.24, 2.45) is 11.7 Å². The summed E-state index contributed by atoms with van der Waals surface area (Å²) in [5.41, 5.74) is 5.57. The van der Waals surface area contributed by atoms with Crippen molar-refractivity contribution in [1.29, 1.82) is 0 Å². The first-order chi connectivity index (χ1) is 7.27. The average molecular weight is 214 g/mol. The van der Waals surface area contributed by atoms with E-state index in [-0.39, 0.29) is 12.5 Å². The molecule has 0 aromatic heterocycles. The van der Waals surface area contributed by atoms with E-state index in [9.17, 15) is 4.79 Å². The Kier molecular flexibility index (Phi) is 5.65. The molecule has 88 valence electrons. The molecule has 1 rings (SSSR count). The minimum atomic E-state index is 0.113. The van der Waals surface area contributed by atoms with Crippen LogP contribution in [0, 0.1) is 5.92 Å². The molecule has 4 nitrogen and oxygen atoms in total. The zero-order valence-corrected chi connectivity index (χ0v) is 9.58. The van der Waals surface area contributed by atoms with E-state index in [0.29, 0.717) is 19.1 Å². The number of ether oxygens (including phenoxy) is 1. The Balaban J connectivity index is 2.12. The van der Waals surface area contributed by atoms with E-state index in [0.717, 1.165) is 32.4 Å². The summed E-state index contributed by atoms with van der Waals surface area (Å²) in [7, 11) is 0. The van der Waals surface area contributed by atoms with Gasteiger partial charge in [0.2, 0.25) is 5.91 Å². The number of amides is 1. The molecule has 1 unspecified atom stereocenters. The molecule has 1 aliphatic rings. The molecule has 0 aliphatic carbocycles. The van der Waals surface area contributed by atoms with Crippen LogP contribution in [0.3, 0.4) is 0 Å². The third-order valence-electron chi connectivity index (χ3n) is 2.84. The summed E-state index contributed by atoms with van der Waals surface area (Å²) in [6.07, 6.45) is 3.17. The molecule has 0 saturated carbocycles. The van der Waals surface area contributed by atoms with Crippen LogP contribution in [0.5, 0.6) is 0 Å². The molecule has 1 amide bonds. The Bertz CT molecular complexity index is 197. The van der Waals surface area contributed by atoms with Gasteiger partial charge in [-0.1, -0.05) is 13.3 Å². The van der Waals surface area contributed by atoms with Crippen LogP contribution in [-0.2, 0) is 9.53 Å². The Hall–Kier alpha value is -0.610. The Morgan fingerprint density at radius 3 is 3.00 bits per heavy atom. The van der Waals surface area contributed by atoms with Crippen LogP contribution in [0.2, 0.25) is 0 Å². The second-order valence-electron chi connectivity index (χ2n) is 4.14. The van der Waals surface area contributed by atoms with E-state index in [4.69, 9.17) is 10.5 Å². The van der Waals surface area contributed by atoms with Crippen molar-refractivity contribution in [3.63, 3.8) is 0 Å². The van der Waals surface area contributed by atoms with Gasteiger partial charge in [-0.3, -0.25) is 4.79 Å². The molecule has 1 saturated heterocycles. The predicted octanol–water partition coefficient (Wildman–Crippen LogP) is 0.610. The molecule has 0 aromatic rings. The van der Waals surface area contributed by atoms with Crippen LogP contribution in [0.15, 0.2) is 0 Å². The molecule has 1 fully saturated rings. The van der Waals surface area contributed by atoms with Gasteiger partial charge >= 0.3 is 0 Å². The lowest BCUT2D eigenvalue weighted by Gasteiger charge is -2.16. The molecule has 0 aromatic carbocycles. The zero-order chi connectivity index (χ0) is 11.1. The summed E-state index contributed by atoms with van der Waals surface area (Å²) < 4.78 is 5.29. The van der Waals surface area contributed by atoms with Gasteiger partial charge < -0.3 is 15.4 Å². The van der Waals surface area contributed by atoms with Crippen molar-refractivity contribution < 1.29 is 9.53 Å². The lowest BCUT2D eigenvalue weighted by Crippen LogP contribution is -2.32. The highest BCUT2D eigenvalue weighted by Crippen LogP contribution is 2.14. The van der Waals surface area contributed by atoms with Crippen LogP contribution < -0.4 is 5.73 Å². The number of carbonyl (C=O) groups excluding carboxylic acids is 1. The summed E-state index contributed by atoms with van der Waals surface area (Å²) in [5, 5.41) is 0. The van der Waals surface area contributed by atoms with Crippen molar-refractivity contribution in [2.45, 2.75) is 26.2 Å². The van der Waals surface area contributed by atoms with E-state index >= 15 is 0 Å². The number of carbonyl (C=O) groups is 1. The highest BCUT2D eigenvalue weighted by atomic mass is 16.5. The molecule has 1 aliphatic heterocycles. The van der Waals surface area contributed by atoms with Gasteiger partial charge in [0.15, 0.2) is 0 Å². The molecule has 0 bridgehead atoms. The van der Waals surface area contributed by atoms with Gasteiger partial charge in [0, 0.05) is 19.7 Å². The lowest BCUT2D eigenvalue weighted by molar-refractivity contribution is -0.135. The Morgan fingerprint density at radius 2 is 2.40 bits per heavy atom.